The zero-order chi connectivity index (χ0) is 15.2. The highest BCUT2D eigenvalue weighted by atomic mass is 79.9. The molecule has 0 bridgehead atoms. The average molecular weight is 395 g/mol. The second-order valence-electron chi connectivity index (χ2n) is 5.53. The minimum absolute atomic E-state index is 0. The zero-order valence-electron chi connectivity index (χ0n) is 12.9. The van der Waals surface area contributed by atoms with E-state index < -0.39 is 0 Å². The maximum atomic E-state index is 11.6. The first-order valence-electron chi connectivity index (χ1n) is 7.49. The molecule has 1 aromatic rings. The van der Waals surface area contributed by atoms with E-state index in [1.807, 2.05) is 17.9 Å². The monoisotopic (exact) mass is 393 g/mol. The van der Waals surface area contributed by atoms with E-state index >= 15 is 0 Å². The lowest BCUT2D eigenvalue weighted by atomic mass is 10.0. The molecule has 1 aliphatic heterocycles. The SMILES string of the molecule is Cl.Cn1ncc(Br)c1CN1CCCCC1CNC(=O)CCN. The van der Waals surface area contributed by atoms with E-state index in [4.69, 9.17) is 5.73 Å². The fourth-order valence-electron chi connectivity index (χ4n) is 2.76. The van der Waals surface area contributed by atoms with Gasteiger partial charge in [0.2, 0.25) is 5.91 Å². The molecule has 6 nitrogen and oxygen atoms in total. The summed E-state index contributed by atoms with van der Waals surface area (Å²) < 4.78 is 2.95. The Kier molecular flexibility index (Phi) is 8.38. The molecule has 0 saturated carbocycles. The van der Waals surface area contributed by atoms with Crippen LogP contribution in [0.15, 0.2) is 10.7 Å². The van der Waals surface area contributed by atoms with Crippen LogP contribution < -0.4 is 11.1 Å². The van der Waals surface area contributed by atoms with Crippen molar-refractivity contribution in [2.24, 2.45) is 12.8 Å². The van der Waals surface area contributed by atoms with Gasteiger partial charge in [-0.15, -0.1) is 12.4 Å². The molecule has 0 spiro atoms. The van der Waals surface area contributed by atoms with Crippen molar-refractivity contribution in [3.05, 3.63) is 16.4 Å². The number of carbonyl (C=O) groups excluding carboxylic acids is 1. The van der Waals surface area contributed by atoms with Gasteiger partial charge in [-0.3, -0.25) is 14.4 Å². The van der Waals surface area contributed by atoms with E-state index in [2.05, 4.69) is 31.2 Å². The van der Waals surface area contributed by atoms with Crippen LogP contribution in [0, 0.1) is 0 Å². The molecule has 2 heterocycles. The van der Waals surface area contributed by atoms with Gasteiger partial charge in [-0.05, 0) is 35.3 Å². The molecule has 1 unspecified atom stereocenters. The van der Waals surface area contributed by atoms with Crippen molar-refractivity contribution < 1.29 is 4.79 Å². The van der Waals surface area contributed by atoms with Crippen LogP contribution in [0.25, 0.3) is 0 Å². The van der Waals surface area contributed by atoms with Gasteiger partial charge in [0.25, 0.3) is 0 Å². The molecular formula is C14H25BrClN5O. The molecule has 2 rings (SSSR count). The van der Waals surface area contributed by atoms with Crippen molar-refractivity contribution in [2.75, 3.05) is 19.6 Å². The third-order valence-corrected chi connectivity index (χ3v) is 4.68. The van der Waals surface area contributed by atoms with Gasteiger partial charge in [-0.25, -0.2) is 0 Å². The maximum absolute atomic E-state index is 11.6. The molecule has 0 aliphatic carbocycles. The number of hydrogen-bond donors (Lipinski definition) is 2. The van der Waals surface area contributed by atoms with E-state index in [1.165, 1.54) is 18.5 Å². The predicted molar refractivity (Wildman–Crippen MR) is 92.9 cm³/mol. The standard InChI is InChI=1S/C14H24BrN5O.ClH/c1-19-13(12(15)9-18-19)10-20-7-3-2-4-11(20)8-17-14(21)5-6-16;/h9,11H,2-8,10,16H2,1H3,(H,17,21);1H. The van der Waals surface area contributed by atoms with Crippen LogP contribution in [0.2, 0.25) is 0 Å². The fourth-order valence-corrected chi connectivity index (χ4v) is 3.23. The number of aryl methyl sites for hydroxylation is 1. The molecule has 3 N–H and O–H groups in total. The Bertz CT molecular complexity index is 462. The van der Waals surface area contributed by atoms with E-state index in [-0.39, 0.29) is 18.3 Å². The molecule has 0 aromatic carbocycles. The average Bonchev–Trinajstić information content (AvgIpc) is 2.78. The number of amides is 1. The number of rotatable bonds is 6. The van der Waals surface area contributed by atoms with Crippen LogP contribution in [-0.4, -0.2) is 46.3 Å². The van der Waals surface area contributed by atoms with Gasteiger partial charge in [0, 0.05) is 39.1 Å². The Morgan fingerprint density at radius 2 is 2.32 bits per heavy atom. The first kappa shape index (κ1) is 19.4. The van der Waals surface area contributed by atoms with Gasteiger partial charge in [0.15, 0.2) is 0 Å². The zero-order valence-corrected chi connectivity index (χ0v) is 15.3. The third kappa shape index (κ3) is 5.22. The lowest BCUT2D eigenvalue weighted by Crippen LogP contribution is -2.46. The topological polar surface area (TPSA) is 76.2 Å². The molecule has 126 valence electrons. The smallest absolute Gasteiger partial charge is 0.221 e. The highest BCUT2D eigenvalue weighted by Gasteiger charge is 2.24. The van der Waals surface area contributed by atoms with Crippen molar-refractivity contribution in [1.29, 1.82) is 0 Å². The molecular weight excluding hydrogens is 370 g/mol. The Labute approximate surface area is 146 Å². The Hall–Kier alpha value is -0.630. The van der Waals surface area contributed by atoms with Crippen molar-refractivity contribution in [2.45, 2.75) is 38.3 Å². The Balaban J connectivity index is 0.00000242. The molecule has 1 fully saturated rings. The van der Waals surface area contributed by atoms with Gasteiger partial charge in [-0.1, -0.05) is 6.42 Å². The normalized spacial score (nSPS) is 18.8. The summed E-state index contributed by atoms with van der Waals surface area (Å²) in [6.45, 7) is 3.03. The molecule has 0 radical (unpaired) electrons. The molecule has 1 aliphatic rings. The summed E-state index contributed by atoms with van der Waals surface area (Å²) in [5.74, 6) is 0.0461. The summed E-state index contributed by atoms with van der Waals surface area (Å²) in [7, 11) is 1.96. The summed E-state index contributed by atoms with van der Waals surface area (Å²) in [5, 5.41) is 7.26. The van der Waals surface area contributed by atoms with Crippen molar-refractivity contribution in [3.8, 4) is 0 Å². The van der Waals surface area contributed by atoms with E-state index in [0.717, 1.165) is 24.0 Å². The Morgan fingerprint density at radius 3 is 2.95 bits per heavy atom. The first-order valence-corrected chi connectivity index (χ1v) is 8.28. The van der Waals surface area contributed by atoms with Gasteiger partial charge in [0.05, 0.1) is 16.4 Å². The van der Waals surface area contributed by atoms with Crippen LogP contribution >= 0.6 is 28.3 Å². The van der Waals surface area contributed by atoms with Gasteiger partial charge >= 0.3 is 0 Å². The van der Waals surface area contributed by atoms with Crippen LogP contribution in [0.3, 0.4) is 0 Å². The number of hydrogen-bond acceptors (Lipinski definition) is 4. The maximum Gasteiger partial charge on any atom is 0.221 e. The first-order chi connectivity index (χ1) is 10.1. The van der Waals surface area contributed by atoms with Crippen LogP contribution in [0.5, 0.6) is 0 Å². The summed E-state index contributed by atoms with van der Waals surface area (Å²) in [6, 6.07) is 0.391. The number of nitrogens with zero attached hydrogens (tertiary/aromatic N) is 3. The van der Waals surface area contributed by atoms with Gasteiger partial charge < -0.3 is 11.1 Å². The number of nitrogens with one attached hydrogen (secondary N) is 1. The molecule has 1 aromatic heterocycles. The summed E-state index contributed by atoms with van der Waals surface area (Å²) in [5.41, 5.74) is 6.58. The third-order valence-electron chi connectivity index (χ3n) is 4.02. The minimum atomic E-state index is 0. The molecule has 1 atom stereocenters. The number of aromatic nitrogens is 2. The quantitative estimate of drug-likeness (QED) is 0.765. The minimum Gasteiger partial charge on any atom is -0.354 e. The second-order valence-corrected chi connectivity index (χ2v) is 6.38. The number of likely N-dealkylation sites (tertiary alicyclic amines) is 1. The molecule has 1 saturated heterocycles. The van der Waals surface area contributed by atoms with Crippen LogP contribution in [0.4, 0.5) is 0 Å². The highest BCUT2D eigenvalue weighted by Crippen LogP contribution is 2.22. The number of nitrogens with two attached hydrogens (primary N) is 1. The summed E-state index contributed by atoms with van der Waals surface area (Å²) in [4.78, 5) is 14.0. The number of piperidine rings is 1. The van der Waals surface area contributed by atoms with Crippen LogP contribution in [-0.2, 0) is 18.4 Å². The summed E-state index contributed by atoms with van der Waals surface area (Å²) >= 11 is 3.55. The molecule has 1 amide bonds. The molecule has 8 heteroatoms. The van der Waals surface area contributed by atoms with Crippen LogP contribution in [0.1, 0.15) is 31.4 Å². The van der Waals surface area contributed by atoms with Crippen molar-refractivity contribution in [1.82, 2.24) is 20.0 Å². The highest BCUT2D eigenvalue weighted by molar-refractivity contribution is 9.10. The lowest BCUT2D eigenvalue weighted by molar-refractivity contribution is -0.121. The lowest BCUT2D eigenvalue weighted by Gasteiger charge is -2.35. The second kappa shape index (κ2) is 9.50. The Morgan fingerprint density at radius 1 is 1.55 bits per heavy atom. The molecule has 22 heavy (non-hydrogen) atoms. The number of carbonyl (C=O) groups is 1. The predicted octanol–water partition coefficient (Wildman–Crippen LogP) is 1.42. The number of halogens is 2. The van der Waals surface area contributed by atoms with Crippen molar-refractivity contribution in [3.63, 3.8) is 0 Å². The van der Waals surface area contributed by atoms with Gasteiger partial charge in [-0.2, -0.15) is 5.10 Å². The van der Waals surface area contributed by atoms with Gasteiger partial charge in [0.1, 0.15) is 0 Å². The largest absolute Gasteiger partial charge is 0.354 e. The van der Waals surface area contributed by atoms with E-state index in [0.29, 0.717) is 25.6 Å². The summed E-state index contributed by atoms with van der Waals surface area (Å²) in [6.07, 6.45) is 5.79. The fraction of sp³-hybridized carbons (Fsp3) is 0.714. The van der Waals surface area contributed by atoms with Crippen molar-refractivity contribution >= 4 is 34.2 Å². The van der Waals surface area contributed by atoms with E-state index in [1.54, 1.807) is 0 Å². The van der Waals surface area contributed by atoms with E-state index in [9.17, 15) is 4.79 Å².